The number of hydrogen-bond acceptors (Lipinski definition) is 6. The molecule has 0 heterocycles. The summed E-state index contributed by atoms with van der Waals surface area (Å²) in [5.74, 6) is -1.52. The topological polar surface area (TPSA) is 95.7 Å². The molecular formula is C18H13ClF3NO6. The van der Waals surface area contributed by atoms with Crippen molar-refractivity contribution in [3.63, 3.8) is 0 Å². The third kappa shape index (κ3) is 5.92. The molecule has 0 aromatic heterocycles. The highest BCUT2D eigenvalue weighted by atomic mass is 35.5. The lowest BCUT2D eigenvalue weighted by molar-refractivity contribution is -0.385. The maximum absolute atomic E-state index is 12.7. The Morgan fingerprint density at radius 1 is 1.17 bits per heavy atom. The van der Waals surface area contributed by atoms with Crippen LogP contribution < -0.4 is 4.74 Å². The normalized spacial score (nSPS) is 11.1. The third-order valence-electron chi connectivity index (χ3n) is 3.56. The van der Waals surface area contributed by atoms with E-state index in [1.807, 2.05) is 0 Å². The second-order valence-corrected chi connectivity index (χ2v) is 6.18. The van der Waals surface area contributed by atoms with Gasteiger partial charge in [0.15, 0.2) is 0 Å². The lowest BCUT2D eigenvalue weighted by Gasteiger charge is -2.12. The van der Waals surface area contributed by atoms with Crippen LogP contribution in [-0.4, -0.2) is 23.3 Å². The quantitative estimate of drug-likeness (QED) is 0.340. The number of halogens is 4. The van der Waals surface area contributed by atoms with Crippen LogP contribution in [0.1, 0.15) is 29.3 Å². The van der Waals surface area contributed by atoms with Crippen LogP contribution in [0.2, 0.25) is 5.02 Å². The predicted molar refractivity (Wildman–Crippen MR) is 95.2 cm³/mol. The average molecular weight is 432 g/mol. The van der Waals surface area contributed by atoms with Crippen molar-refractivity contribution in [3.8, 4) is 11.5 Å². The number of carbonyl (C=O) groups is 2. The van der Waals surface area contributed by atoms with Gasteiger partial charge in [-0.25, -0.2) is 4.79 Å². The molecule has 0 N–H and O–H groups in total. The molecule has 29 heavy (non-hydrogen) atoms. The first kappa shape index (κ1) is 22.2. The van der Waals surface area contributed by atoms with Crippen LogP contribution in [0.3, 0.4) is 0 Å². The summed E-state index contributed by atoms with van der Waals surface area (Å²) in [5, 5.41) is 10.8. The number of ether oxygens (including phenoxy) is 2. The van der Waals surface area contributed by atoms with Crippen LogP contribution in [0.15, 0.2) is 36.4 Å². The zero-order valence-electron chi connectivity index (χ0n) is 14.8. The summed E-state index contributed by atoms with van der Waals surface area (Å²) in [6, 6.07) is 5.54. The Morgan fingerprint density at radius 3 is 2.41 bits per heavy atom. The Labute approximate surface area is 167 Å². The number of esters is 1. The zero-order valence-corrected chi connectivity index (χ0v) is 15.5. The fourth-order valence-electron chi connectivity index (χ4n) is 2.15. The molecule has 0 aliphatic carbocycles. The van der Waals surface area contributed by atoms with Crippen LogP contribution in [0, 0.1) is 10.1 Å². The molecule has 0 atom stereocenters. The van der Waals surface area contributed by atoms with Crippen LogP contribution >= 0.6 is 11.6 Å². The largest absolute Gasteiger partial charge is 0.461 e. The highest BCUT2D eigenvalue weighted by molar-refractivity contribution is 6.32. The summed E-state index contributed by atoms with van der Waals surface area (Å²) in [6.07, 6.45) is -4.65. The van der Waals surface area contributed by atoms with E-state index in [0.29, 0.717) is 6.07 Å². The number of nitro benzene ring substituents is 1. The van der Waals surface area contributed by atoms with Gasteiger partial charge in [-0.15, -0.1) is 0 Å². The van der Waals surface area contributed by atoms with Gasteiger partial charge in [0.25, 0.3) is 5.69 Å². The highest BCUT2D eigenvalue weighted by Crippen LogP contribution is 2.37. The number of ketones is 1. The van der Waals surface area contributed by atoms with E-state index in [2.05, 4.69) is 0 Å². The number of Topliss-reactive ketones (excluding diaryl/α,β-unsaturated/α-hetero) is 1. The van der Waals surface area contributed by atoms with E-state index >= 15 is 0 Å². The number of benzene rings is 2. The molecule has 0 bridgehead atoms. The SMILES string of the molecule is CC(=O)CCOC(=O)c1cc(Oc2ccc(C(F)(F)F)cc2Cl)ccc1[N+](=O)[O-]. The molecule has 2 aromatic rings. The molecule has 0 unspecified atom stereocenters. The van der Waals surface area contributed by atoms with Gasteiger partial charge in [0.05, 0.1) is 22.1 Å². The molecule has 7 nitrogen and oxygen atoms in total. The minimum Gasteiger partial charge on any atom is -0.461 e. The minimum atomic E-state index is -4.59. The first-order chi connectivity index (χ1) is 13.5. The summed E-state index contributed by atoms with van der Waals surface area (Å²) >= 11 is 5.81. The van der Waals surface area contributed by atoms with Crippen LogP contribution in [0.4, 0.5) is 18.9 Å². The molecule has 154 valence electrons. The fraction of sp³-hybridized carbons (Fsp3) is 0.222. The summed E-state index contributed by atoms with van der Waals surface area (Å²) in [5.41, 5.74) is -1.99. The minimum absolute atomic E-state index is 0.0586. The molecule has 0 spiro atoms. The second kappa shape index (κ2) is 8.91. The lowest BCUT2D eigenvalue weighted by atomic mass is 10.1. The monoisotopic (exact) mass is 431 g/mol. The number of hydrogen-bond donors (Lipinski definition) is 0. The van der Waals surface area contributed by atoms with Gasteiger partial charge in [0, 0.05) is 18.6 Å². The molecule has 0 fully saturated rings. The van der Waals surface area contributed by atoms with Gasteiger partial charge in [-0.3, -0.25) is 14.9 Å². The number of nitrogens with zero attached hydrogens (tertiary/aromatic N) is 1. The van der Waals surface area contributed by atoms with E-state index in [4.69, 9.17) is 21.1 Å². The Hall–Kier alpha value is -3.14. The molecule has 0 radical (unpaired) electrons. The standard InChI is InChI=1S/C18H13ClF3NO6/c1-10(24)6-7-28-17(25)13-9-12(3-4-15(13)23(26)27)29-16-5-2-11(8-14(16)19)18(20,21)22/h2-5,8-9H,6-7H2,1H3. The van der Waals surface area contributed by atoms with Gasteiger partial charge in [0.2, 0.25) is 0 Å². The third-order valence-corrected chi connectivity index (χ3v) is 3.85. The fourth-order valence-corrected chi connectivity index (χ4v) is 2.37. The molecule has 0 aliphatic heterocycles. The van der Waals surface area contributed by atoms with Crippen molar-refractivity contribution < 1.29 is 37.2 Å². The van der Waals surface area contributed by atoms with Crippen LogP contribution in [0.5, 0.6) is 11.5 Å². The zero-order chi connectivity index (χ0) is 21.8. The van der Waals surface area contributed by atoms with Gasteiger partial charge in [-0.1, -0.05) is 11.6 Å². The molecular weight excluding hydrogens is 419 g/mol. The van der Waals surface area contributed by atoms with Crippen molar-refractivity contribution in [1.29, 1.82) is 0 Å². The van der Waals surface area contributed by atoms with Crippen molar-refractivity contribution in [2.24, 2.45) is 0 Å². The lowest BCUT2D eigenvalue weighted by Crippen LogP contribution is -2.11. The number of carbonyl (C=O) groups excluding carboxylic acids is 2. The molecule has 0 amide bonds. The van der Waals surface area contributed by atoms with Gasteiger partial charge in [-0.05, 0) is 31.2 Å². The maximum Gasteiger partial charge on any atom is 0.416 e. The summed E-state index contributed by atoms with van der Waals surface area (Å²) in [7, 11) is 0. The number of alkyl halides is 3. The van der Waals surface area contributed by atoms with E-state index < -0.39 is 33.9 Å². The number of nitro groups is 1. The molecule has 0 aliphatic rings. The van der Waals surface area contributed by atoms with E-state index in [1.54, 1.807) is 0 Å². The number of rotatable bonds is 7. The van der Waals surface area contributed by atoms with Crippen molar-refractivity contribution in [1.82, 2.24) is 0 Å². The van der Waals surface area contributed by atoms with E-state index in [9.17, 15) is 32.9 Å². The van der Waals surface area contributed by atoms with E-state index in [0.717, 1.165) is 30.3 Å². The first-order valence-corrected chi connectivity index (χ1v) is 8.36. The summed E-state index contributed by atoms with van der Waals surface area (Å²) < 4.78 is 48.3. The van der Waals surface area contributed by atoms with Gasteiger partial charge in [-0.2, -0.15) is 13.2 Å². The first-order valence-electron chi connectivity index (χ1n) is 7.98. The predicted octanol–water partition coefficient (Wildman–Crippen LogP) is 5.20. The molecule has 0 saturated carbocycles. The summed E-state index contributed by atoms with van der Waals surface area (Å²) in [4.78, 5) is 33.4. The van der Waals surface area contributed by atoms with Crippen LogP contribution in [0.25, 0.3) is 0 Å². The Balaban J connectivity index is 2.29. The Kier molecular flexibility index (Phi) is 6.80. The Bertz CT molecular complexity index is 961. The molecule has 11 heteroatoms. The van der Waals surface area contributed by atoms with Crippen molar-refractivity contribution in [2.45, 2.75) is 19.5 Å². The second-order valence-electron chi connectivity index (χ2n) is 5.77. The Morgan fingerprint density at radius 2 is 1.86 bits per heavy atom. The van der Waals surface area contributed by atoms with Gasteiger partial charge < -0.3 is 9.47 Å². The highest BCUT2D eigenvalue weighted by Gasteiger charge is 2.31. The van der Waals surface area contributed by atoms with E-state index in [-0.39, 0.29) is 35.3 Å². The van der Waals surface area contributed by atoms with Crippen molar-refractivity contribution >= 4 is 29.0 Å². The average Bonchev–Trinajstić information content (AvgIpc) is 2.61. The van der Waals surface area contributed by atoms with Crippen molar-refractivity contribution in [2.75, 3.05) is 6.61 Å². The molecule has 2 aromatic carbocycles. The van der Waals surface area contributed by atoms with Gasteiger partial charge >= 0.3 is 12.1 Å². The molecule has 2 rings (SSSR count). The molecule has 0 saturated heterocycles. The van der Waals surface area contributed by atoms with Gasteiger partial charge in [0.1, 0.15) is 22.8 Å². The van der Waals surface area contributed by atoms with Crippen molar-refractivity contribution in [3.05, 3.63) is 62.7 Å². The summed E-state index contributed by atoms with van der Waals surface area (Å²) in [6.45, 7) is 1.03. The van der Waals surface area contributed by atoms with E-state index in [1.165, 1.54) is 6.92 Å². The smallest absolute Gasteiger partial charge is 0.416 e. The van der Waals surface area contributed by atoms with Crippen LogP contribution in [-0.2, 0) is 15.7 Å². The maximum atomic E-state index is 12.7.